The molecule has 128 valence electrons. The van der Waals surface area contributed by atoms with E-state index in [1.165, 1.54) is 11.1 Å². The molecule has 26 heavy (non-hydrogen) atoms. The maximum absolute atomic E-state index is 6.07. The van der Waals surface area contributed by atoms with Crippen molar-refractivity contribution in [3.05, 3.63) is 89.4 Å². The summed E-state index contributed by atoms with van der Waals surface area (Å²) in [7, 11) is 0. The van der Waals surface area contributed by atoms with Gasteiger partial charge in [-0.25, -0.2) is 0 Å². The molecule has 0 bridgehead atoms. The highest BCUT2D eigenvalue weighted by atomic mass is 35.5. The first-order chi connectivity index (χ1) is 12.8. The summed E-state index contributed by atoms with van der Waals surface area (Å²) >= 11 is 9.42. The summed E-state index contributed by atoms with van der Waals surface area (Å²) in [5.74, 6) is 0.874. The topological polar surface area (TPSA) is 25.8 Å². The number of thioether (sulfide) groups is 1. The van der Waals surface area contributed by atoms with Gasteiger partial charge in [-0.2, -0.15) is 0 Å². The maximum Gasteiger partial charge on any atom is 0.174 e. The summed E-state index contributed by atoms with van der Waals surface area (Å²) in [5, 5.41) is 10.3. The fraction of sp³-hybridized carbons (Fsp3) is 0.0476. The predicted molar refractivity (Wildman–Crippen MR) is 112 cm³/mol. The van der Waals surface area contributed by atoms with E-state index in [1.807, 2.05) is 36.4 Å². The third-order valence-corrected chi connectivity index (χ3v) is 6.31. The molecule has 0 atom stereocenters. The van der Waals surface area contributed by atoms with Gasteiger partial charge in [-0.05, 0) is 28.8 Å². The summed E-state index contributed by atoms with van der Waals surface area (Å²) in [4.78, 5) is 0. The summed E-state index contributed by atoms with van der Waals surface area (Å²) in [6.07, 6.45) is 0. The second kappa shape index (κ2) is 8.04. The van der Waals surface area contributed by atoms with Gasteiger partial charge in [0.25, 0.3) is 0 Å². The first kappa shape index (κ1) is 17.3. The fourth-order valence-electron chi connectivity index (χ4n) is 2.57. The Labute approximate surface area is 165 Å². The molecule has 0 saturated heterocycles. The van der Waals surface area contributed by atoms with Crippen LogP contribution in [0.25, 0.3) is 21.7 Å². The molecule has 0 aliphatic heterocycles. The normalized spacial score (nSPS) is 10.8. The number of halogens is 1. The van der Waals surface area contributed by atoms with Gasteiger partial charge in [0.05, 0.1) is 0 Å². The van der Waals surface area contributed by atoms with Crippen LogP contribution in [0.5, 0.6) is 0 Å². The average molecular weight is 395 g/mol. The molecule has 0 aliphatic carbocycles. The molecule has 0 spiro atoms. The minimum absolute atomic E-state index is 0.757. The van der Waals surface area contributed by atoms with Crippen LogP contribution in [0, 0.1) is 0 Å². The molecule has 2 nitrogen and oxygen atoms in total. The molecule has 0 unspecified atom stereocenters. The molecule has 0 aliphatic rings. The fourth-order valence-corrected chi connectivity index (χ4v) is 4.58. The Morgan fingerprint density at radius 1 is 0.769 bits per heavy atom. The Hall–Kier alpha value is -2.14. The average Bonchev–Trinajstić information content (AvgIpc) is 3.17. The second-order valence-electron chi connectivity index (χ2n) is 5.74. The van der Waals surface area contributed by atoms with Gasteiger partial charge in [-0.1, -0.05) is 101 Å². The van der Waals surface area contributed by atoms with Gasteiger partial charge < -0.3 is 0 Å². The first-order valence-electron chi connectivity index (χ1n) is 8.14. The second-order valence-corrected chi connectivity index (χ2v) is 8.37. The van der Waals surface area contributed by atoms with Crippen molar-refractivity contribution in [3.8, 4) is 21.7 Å². The minimum atomic E-state index is 0.757. The van der Waals surface area contributed by atoms with Crippen LogP contribution in [0.15, 0.2) is 83.2 Å². The van der Waals surface area contributed by atoms with E-state index in [9.17, 15) is 0 Å². The van der Waals surface area contributed by atoms with Gasteiger partial charge in [-0.3, -0.25) is 0 Å². The van der Waals surface area contributed by atoms with E-state index >= 15 is 0 Å². The van der Waals surface area contributed by atoms with Gasteiger partial charge >= 0.3 is 0 Å². The maximum atomic E-state index is 6.07. The van der Waals surface area contributed by atoms with Crippen molar-refractivity contribution in [2.24, 2.45) is 0 Å². The van der Waals surface area contributed by atoms with Crippen LogP contribution in [0.3, 0.4) is 0 Å². The Morgan fingerprint density at radius 2 is 1.54 bits per heavy atom. The van der Waals surface area contributed by atoms with Crippen molar-refractivity contribution in [1.29, 1.82) is 0 Å². The highest BCUT2D eigenvalue weighted by Gasteiger charge is 2.07. The van der Waals surface area contributed by atoms with Gasteiger partial charge in [0.1, 0.15) is 5.01 Å². The molecule has 5 heteroatoms. The number of rotatable bonds is 5. The van der Waals surface area contributed by atoms with E-state index in [1.54, 1.807) is 23.1 Å². The van der Waals surface area contributed by atoms with E-state index in [4.69, 9.17) is 11.6 Å². The van der Waals surface area contributed by atoms with Crippen LogP contribution in [-0.2, 0) is 5.75 Å². The van der Waals surface area contributed by atoms with Crippen molar-refractivity contribution < 1.29 is 0 Å². The third kappa shape index (κ3) is 4.15. The van der Waals surface area contributed by atoms with Crippen LogP contribution < -0.4 is 0 Å². The molecular formula is C21H15ClN2S2. The van der Waals surface area contributed by atoms with Crippen LogP contribution >= 0.6 is 34.7 Å². The van der Waals surface area contributed by atoms with Crippen molar-refractivity contribution in [1.82, 2.24) is 10.2 Å². The van der Waals surface area contributed by atoms with E-state index in [0.717, 1.165) is 31.2 Å². The number of benzene rings is 3. The standard InChI is InChI=1S/C21H15ClN2S2/c22-19-8-4-7-18(13-19)16-11-9-15(10-12-16)14-25-21-24-23-20(26-21)17-5-2-1-3-6-17/h1-13H,14H2. The zero-order valence-corrected chi connectivity index (χ0v) is 16.2. The van der Waals surface area contributed by atoms with E-state index in [-0.39, 0.29) is 0 Å². The molecule has 3 aromatic carbocycles. The summed E-state index contributed by atoms with van der Waals surface area (Å²) in [5.41, 5.74) is 4.68. The summed E-state index contributed by atoms with van der Waals surface area (Å²) < 4.78 is 0.989. The number of hydrogen-bond donors (Lipinski definition) is 0. The number of nitrogens with zero attached hydrogens (tertiary/aromatic N) is 2. The minimum Gasteiger partial charge on any atom is -0.137 e. The molecule has 0 amide bonds. The SMILES string of the molecule is Clc1cccc(-c2ccc(CSc3nnc(-c4ccccc4)s3)cc2)c1. The van der Waals surface area contributed by atoms with Gasteiger partial charge in [0.2, 0.25) is 0 Å². The quantitative estimate of drug-likeness (QED) is 0.347. The molecule has 4 aromatic rings. The van der Waals surface area contributed by atoms with Crippen LogP contribution in [-0.4, -0.2) is 10.2 Å². The Morgan fingerprint density at radius 3 is 2.31 bits per heavy atom. The van der Waals surface area contributed by atoms with Crippen molar-refractivity contribution in [2.45, 2.75) is 10.1 Å². The molecule has 1 aromatic heterocycles. The molecule has 0 fully saturated rings. The van der Waals surface area contributed by atoms with E-state index in [0.29, 0.717) is 0 Å². The lowest BCUT2D eigenvalue weighted by Crippen LogP contribution is -1.82. The molecule has 0 N–H and O–H groups in total. The van der Waals surface area contributed by atoms with Gasteiger partial charge in [0.15, 0.2) is 4.34 Å². The Bertz CT molecular complexity index is 998. The first-order valence-corrected chi connectivity index (χ1v) is 10.3. The highest BCUT2D eigenvalue weighted by Crippen LogP contribution is 2.31. The lowest BCUT2D eigenvalue weighted by atomic mass is 10.0. The lowest BCUT2D eigenvalue weighted by molar-refractivity contribution is 1.01. The van der Waals surface area contributed by atoms with E-state index in [2.05, 4.69) is 52.7 Å². The van der Waals surface area contributed by atoms with Gasteiger partial charge in [-0.15, -0.1) is 10.2 Å². The molecule has 1 heterocycles. The summed E-state index contributed by atoms with van der Waals surface area (Å²) in [6.45, 7) is 0. The monoisotopic (exact) mass is 394 g/mol. The Kier molecular flexibility index (Phi) is 5.34. The number of aromatic nitrogens is 2. The number of hydrogen-bond acceptors (Lipinski definition) is 4. The van der Waals surface area contributed by atoms with Crippen molar-refractivity contribution in [2.75, 3.05) is 0 Å². The van der Waals surface area contributed by atoms with Crippen LogP contribution in [0.2, 0.25) is 5.02 Å². The predicted octanol–water partition coefficient (Wildman–Crippen LogP) is 6.82. The smallest absolute Gasteiger partial charge is 0.137 e. The Balaban J connectivity index is 1.42. The molecular weight excluding hydrogens is 380 g/mol. The highest BCUT2D eigenvalue weighted by molar-refractivity contribution is 8.00. The van der Waals surface area contributed by atoms with Gasteiger partial charge in [0, 0.05) is 16.3 Å². The zero-order chi connectivity index (χ0) is 17.8. The molecule has 0 radical (unpaired) electrons. The molecule has 4 rings (SSSR count). The van der Waals surface area contributed by atoms with Crippen LogP contribution in [0.1, 0.15) is 5.56 Å². The summed E-state index contributed by atoms with van der Waals surface area (Å²) in [6, 6.07) is 26.7. The van der Waals surface area contributed by atoms with Crippen LogP contribution in [0.4, 0.5) is 0 Å². The van der Waals surface area contributed by atoms with Crippen molar-refractivity contribution >= 4 is 34.7 Å². The molecule has 0 saturated carbocycles. The third-order valence-electron chi connectivity index (χ3n) is 3.90. The largest absolute Gasteiger partial charge is 0.174 e. The van der Waals surface area contributed by atoms with E-state index < -0.39 is 0 Å². The lowest BCUT2D eigenvalue weighted by Gasteiger charge is -2.04. The zero-order valence-electron chi connectivity index (χ0n) is 13.8. The van der Waals surface area contributed by atoms with Crippen molar-refractivity contribution in [3.63, 3.8) is 0 Å².